The van der Waals surface area contributed by atoms with Crippen LogP contribution in [0.4, 0.5) is 0 Å². The van der Waals surface area contributed by atoms with Gasteiger partial charge in [-0.15, -0.1) is 0 Å². The van der Waals surface area contributed by atoms with Crippen LogP contribution in [0.2, 0.25) is 0 Å². The molecule has 2 aliphatic rings. The second kappa shape index (κ2) is 7.24. The lowest BCUT2D eigenvalue weighted by molar-refractivity contribution is -0.103. The molecule has 3 nitrogen and oxygen atoms in total. The van der Waals surface area contributed by atoms with E-state index in [1.807, 2.05) is 7.11 Å². The monoisotopic (exact) mass is 282 g/mol. The Bertz CT molecular complexity index is 297. The second-order valence-corrected chi connectivity index (χ2v) is 7.23. The fourth-order valence-electron chi connectivity index (χ4n) is 4.99. The number of hydrazine groups is 1. The highest BCUT2D eigenvalue weighted by atomic mass is 16.5. The number of methoxy groups -OCH3 is 1. The molecule has 2 saturated carbocycles. The Morgan fingerprint density at radius 1 is 1.25 bits per heavy atom. The summed E-state index contributed by atoms with van der Waals surface area (Å²) in [5, 5.41) is 0. The molecule has 0 radical (unpaired) electrons. The normalized spacial score (nSPS) is 40.5. The van der Waals surface area contributed by atoms with Gasteiger partial charge in [0.05, 0.1) is 11.6 Å². The Hall–Kier alpha value is -0.120. The minimum Gasteiger partial charge on any atom is -0.377 e. The highest BCUT2D eigenvalue weighted by Gasteiger charge is 2.47. The van der Waals surface area contributed by atoms with Gasteiger partial charge in [-0.2, -0.15) is 0 Å². The molecule has 3 heteroatoms. The molecule has 0 aromatic carbocycles. The van der Waals surface area contributed by atoms with Crippen LogP contribution in [0, 0.1) is 17.8 Å². The van der Waals surface area contributed by atoms with Crippen molar-refractivity contribution in [2.45, 2.75) is 83.3 Å². The van der Waals surface area contributed by atoms with E-state index in [0.29, 0.717) is 12.0 Å². The van der Waals surface area contributed by atoms with Gasteiger partial charge in [0, 0.05) is 7.11 Å². The number of hydrogen-bond donors (Lipinski definition) is 2. The Morgan fingerprint density at radius 3 is 2.60 bits per heavy atom. The number of hydrogen-bond acceptors (Lipinski definition) is 3. The SMILES string of the molecule is CCC1CCCCC1C(NN)C1(OC)CCCC(C)C1. The van der Waals surface area contributed by atoms with E-state index in [0.717, 1.165) is 24.7 Å². The van der Waals surface area contributed by atoms with Crippen molar-refractivity contribution in [2.75, 3.05) is 7.11 Å². The molecule has 2 rings (SSSR count). The largest absolute Gasteiger partial charge is 0.377 e. The van der Waals surface area contributed by atoms with Gasteiger partial charge < -0.3 is 4.74 Å². The summed E-state index contributed by atoms with van der Waals surface area (Å²) in [6.07, 6.45) is 11.6. The predicted octanol–water partition coefficient (Wildman–Crippen LogP) is 3.63. The maximum absolute atomic E-state index is 6.11. The average Bonchev–Trinajstić information content (AvgIpc) is 2.48. The maximum Gasteiger partial charge on any atom is 0.0849 e. The zero-order valence-electron chi connectivity index (χ0n) is 13.7. The first-order chi connectivity index (χ1) is 9.66. The zero-order valence-corrected chi connectivity index (χ0v) is 13.7. The van der Waals surface area contributed by atoms with Crippen LogP contribution in [0.3, 0.4) is 0 Å². The number of nitrogens with two attached hydrogens (primary N) is 1. The summed E-state index contributed by atoms with van der Waals surface area (Å²) in [6.45, 7) is 4.69. The highest BCUT2D eigenvalue weighted by Crippen LogP contribution is 2.44. The van der Waals surface area contributed by atoms with E-state index in [1.165, 1.54) is 44.9 Å². The minimum atomic E-state index is -0.0398. The lowest BCUT2D eigenvalue weighted by Crippen LogP contribution is -2.61. The molecule has 0 bridgehead atoms. The van der Waals surface area contributed by atoms with Gasteiger partial charge in [0.15, 0.2) is 0 Å². The van der Waals surface area contributed by atoms with Crippen molar-refractivity contribution in [2.24, 2.45) is 23.6 Å². The third-order valence-electron chi connectivity index (χ3n) is 6.06. The van der Waals surface area contributed by atoms with Gasteiger partial charge >= 0.3 is 0 Å². The van der Waals surface area contributed by atoms with Crippen molar-refractivity contribution in [3.05, 3.63) is 0 Å². The van der Waals surface area contributed by atoms with Crippen molar-refractivity contribution < 1.29 is 4.74 Å². The molecule has 5 unspecified atom stereocenters. The van der Waals surface area contributed by atoms with E-state index < -0.39 is 0 Å². The molecule has 0 aromatic heterocycles. The molecule has 0 heterocycles. The quantitative estimate of drug-likeness (QED) is 0.598. The molecule has 0 spiro atoms. The van der Waals surface area contributed by atoms with E-state index in [4.69, 9.17) is 10.6 Å². The van der Waals surface area contributed by atoms with E-state index >= 15 is 0 Å². The van der Waals surface area contributed by atoms with Crippen molar-refractivity contribution >= 4 is 0 Å². The van der Waals surface area contributed by atoms with Crippen LogP contribution in [0.15, 0.2) is 0 Å². The van der Waals surface area contributed by atoms with Crippen LogP contribution in [-0.2, 0) is 4.74 Å². The van der Waals surface area contributed by atoms with E-state index in [-0.39, 0.29) is 5.60 Å². The summed E-state index contributed by atoms with van der Waals surface area (Å²) in [5.74, 6) is 8.28. The first-order valence-corrected chi connectivity index (χ1v) is 8.68. The Balaban J connectivity index is 2.19. The van der Waals surface area contributed by atoms with E-state index in [1.54, 1.807) is 0 Å². The van der Waals surface area contributed by atoms with Crippen LogP contribution in [-0.4, -0.2) is 18.8 Å². The highest BCUT2D eigenvalue weighted by molar-refractivity contribution is 5.01. The molecule has 0 aromatic rings. The number of nitrogens with one attached hydrogen (secondary N) is 1. The molecule has 2 aliphatic carbocycles. The molecule has 5 atom stereocenters. The fraction of sp³-hybridized carbons (Fsp3) is 1.00. The van der Waals surface area contributed by atoms with Crippen LogP contribution in [0.25, 0.3) is 0 Å². The van der Waals surface area contributed by atoms with Gasteiger partial charge in [0.25, 0.3) is 0 Å². The van der Waals surface area contributed by atoms with Crippen LogP contribution in [0.5, 0.6) is 0 Å². The van der Waals surface area contributed by atoms with Gasteiger partial charge in [-0.05, 0) is 37.0 Å². The van der Waals surface area contributed by atoms with Gasteiger partial charge in [-0.1, -0.05) is 52.4 Å². The minimum absolute atomic E-state index is 0.0398. The zero-order chi connectivity index (χ0) is 14.6. The van der Waals surface area contributed by atoms with Gasteiger partial charge in [-0.25, -0.2) is 0 Å². The average molecular weight is 282 g/mol. The summed E-state index contributed by atoms with van der Waals surface area (Å²) in [4.78, 5) is 0. The molecular weight excluding hydrogens is 248 g/mol. The lowest BCUT2D eigenvalue weighted by atomic mass is 9.65. The summed E-state index contributed by atoms with van der Waals surface area (Å²) in [5.41, 5.74) is 3.15. The predicted molar refractivity (Wildman–Crippen MR) is 84.2 cm³/mol. The van der Waals surface area contributed by atoms with Crippen molar-refractivity contribution in [3.8, 4) is 0 Å². The molecule has 2 fully saturated rings. The summed E-state index contributed by atoms with van der Waals surface area (Å²) >= 11 is 0. The van der Waals surface area contributed by atoms with Crippen LogP contribution < -0.4 is 11.3 Å². The maximum atomic E-state index is 6.11. The Kier molecular flexibility index (Phi) is 5.88. The van der Waals surface area contributed by atoms with Gasteiger partial charge in [-0.3, -0.25) is 11.3 Å². The molecule has 0 aliphatic heterocycles. The van der Waals surface area contributed by atoms with Crippen molar-refractivity contribution in [1.82, 2.24) is 5.43 Å². The van der Waals surface area contributed by atoms with Gasteiger partial charge in [0.1, 0.15) is 0 Å². The third-order valence-corrected chi connectivity index (χ3v) is 6.06. The molecule has 118 valence electrons. The lowest BCUT2D eigenvalue weighted by Gasteiger charge is -2.49. The van der Waals surface area contributed by atoms with Crippen LogP contribution in [0.1, 0.15) is 71.6 Å². The van der Waals surface area contributed by atoms with Crippen molar-refractivity contribution in [3.63, 3.8) is 0 Å². The summed E-state index contributed by atoms with van der Waals surface area (Å²) in [7, 11) is 1.89. The van der Waals surface area contributed by atoms with E-state index in [9.17, 15) is 0 Å². The fourth-order valence-corrected chi connectivity index (χ4v) is 4.99. The first-order valence-electron chi connectivity index (χ1n) is 8.68. The molecular formula is C17H34N2O. The smallest absolute Gasteiger partial charge is 0.0849 e. The molecule has 0 amide bonds. The second-order valence-electron chi connectivity index (χ2n) is 7.23. The summed E-state index contributed by atoms with van der Waals surface area (Å²) in [6, 6.07) is 0.320. The van der Waals surface area contributed by atoms with Crippen LogP contribution >= 0.6 is 0 Å². The number of ether oxygens (including phenoxy) is 1. The molecule has 0 saturated heterocycles. The molecule has 20 heavy (non-hydrogen) atoms. The summed E-state index contributed by atoms with van der Waals surface area (Å²) < 4.78 is 6.11. The van der Waals surface area contributed by atoms with Gasteiger partial charge in [0.2, 0.25) is 0 Å². The molecule has 3 N–H and O–H groups in total. The van der Waals surface area contributed by atoms with E-state index in [2.05, 4.69) is 19.3 Å². The van der Waals surface area contributed by atoms with Crippen molar-refractivity contribution in [1.29, 1.82) is 0 Å². The Morgan fingerprint density at radius 2 is 2.00 bits per heavy atom. The third kappa shape index (κ3) is 3.20. The standard InChI is InChI=1S/C17H34N2O/c1-4-14-9-5-6-10-15(14)16(19-18)17(20-3)11-7-8-13(2)12-17/h13-16,19H,4-12,18H2,1-3H3. The first kappa shape index (κ1) is 16.3. The number of rotatable bonds is 5. The Labute approximate surface area is 125 Å². The topological polar surface area (TPSA) is 47.3 Å².